The lowest BCUT2D eigenvalue weighted by Gasteiger charge is -2.16. The normalized spacial score (nSPS) is 12.2. The molecule has 0 spiro atoms. The molecule has 296 valence electrons. The van der Waals surface area contributed by atoms with Gasteiger partial charge in [-0.2, -0.15) is 0 Å². The third kappa shape index (κ3) is 4.90. The molecule has 13 aromatic rings. The SMILES string of the molecule is C=Nc1c(/C=C\C)cccc1-n1c2ccccc2c2ccc3c4ccccc4n(-c4cccc(-n5c6ccccc6c6ccc7c(c8ccccc8n7-c7ccccc7)c65)c4)c3c21. The minimum absolute atomic E-state index is 0.853. The van der Waals surface area contributed by atoms with Crippen LogP contribution in [0.1, 0.15) is 12.5 Å². The number of nitrogens with zero attached hydrogens (tertiary/aromatic N) is 5. The minimum atomic E-state index is 0.853. The Morgan fingerprint density at radius 1 is 0.381 bits per heavy atom. The van der Waals surface area contributed by atoms with Crippen molar-refractivity contribution in [2.45, 2.75) is 6.92 Å². The maximum atomic E-state index is 4.68. The van der Waals surface area contributed by atoms with Gasteiger partial charge in [-0.1, -0.05) is 140 Å². The van der Waals surface area contributed by atoms with Crippen LogP contribution in [0.5, 0.6) is 0 Å². The van der Waals surface area contributed by atoms with Crippen molar-refractivity contribution in [3.8, 4) is 22.7 Å². The van der Waals surface area contributed by atoms with Crippen LogP contribution in [0.2, 0.25) is 0 Å². The molecule has 0 radical (unpaired) electrons. The van der Waals surface area contributed by atoms with Crippen molar-refractivity contribution in [2.24, 2.45) is 4.99 Å². The summed E-state index contributed by atoms with van der Waals surface area (Å²) < 4.78 is 9.79. The molecule has 0 saturated heterocycles. The Labute approximate surface area is 362 Å². The number of hydrogen-bond acceptors (Lipinski definition) is 1. The summed E-state index contributed by atoms with van der Waals surface area (Å²) in [5.74, 6) is 0. The van der Waals surface area contributed by atoms with Gasteiger partial charge >= 0.3 is 0 Å². The van der Waals surface area contributed by atoms with Crippen LogP contribution in [0.15, 0.2) is 205 Å². The summed E-state index contributed by atoms with van der Waals surface area (Å²) in [6.45, 7) is 6.13. The van der Waals surface area contributed by atoms with E-state index in [0.717, 1.165) is 56.1 Å². The first-order chi connectivity index (χ1) is 31.2. The van der Waals surface area contributed by atoms with E-state index >= 15 is 0 Å². The predicted octanol–water partition coefficient (Wildman–Crippen LogP) is 15.4. The summed E-state index contributed by atoms with van der Waals surface area (Å²) >= 11 is 0. The summed E-state index contributed by atoms with van der Waals surface area (Å²) in [6, 6.07) is 70.7. The first-order valence-corrected chi connectivity index (χ1v) is 21.5. The van der Waals surface area contributed by atoms with E-state index in [2.05, 4.69) is 236 Å². The second kappa shape index (κ2) is 13.5. The molecule has 0 aliphatic heterocycles. The van der Waals surface area contributed by atoms with Gasteiger partial charge in [0.2, 0.25) is 0 Å². The number of rotatable bonds is 6. The quantitative estimate of drug-likeness (QED) is 0.150. The zero-order valence-corrected chi connectivity index (χ0v) is 34.6. The van der Waals surface area contributed by atoms with Gasteiger partial charge in [-0.25, -0.2) is 0 Å². The first kappa shape index (κ1) is 35.4. The average molecular weight is 806 g/mol. The lowest BCUT2D eigenvalue weighted by molar-refractivity contribution is 1.13. The topological polar surface area (TPSA) is 32.1 Å². The second-order valence-corrected chi connectivity index (χ2v) is 16.4. The van der Waals surface area contributed by atoms with Crippen molar-refractivity contribution in [1.82, 2.24) is 18.3 Å². The Balaban J connectivity index is 1.16. The molecule has 0 unspecified atom stereocenters. The molecule has 63 heavy (non-hydrogen) atoms. The van der Waals surface area contributed by atoms with E-state index in [0.29, 0.717) is 0 Å². The van der Waals surface area contributed by atoms with E-state index in [-0.39, 0.29) is 0 Å². The molecule has 0 bridgehead atoms. The van der Waals surface area contributed by atoms with E-state index in [1.165, 1.54) is 65.2 Å². The van der Waals surface area contributed by atoms with Crippen LogP contribution in [0.3, 0.4) is 0 Å². The Morgan fingerprint density at radius 2 is 0.857 bits per heavy atom. The van der Waals surface area contributed by atoms with E-state index in [1.54, 1.807) is 0 Å². The third-order valence-electron chi connectivity index (χ3n) is 13.1. The molecule has 0 amide bonds. The molecule has 0 aliphatic carbocycles. The molecule has 0 atom stereocenters. The fraction of sp³-hybridized carbons (Fsp3) is 0.0172. The predicted molar refractivity (Wildman–Crippen MR) is 268 cm³/mol. The molecule has 0 N–H and O–H groups in total. The van der Waals surface area contributed by atoms with Gasteiger partial charge in [0.1, 0.15) is 0 Å². The molecule has 0 saturated carbocycles. The molecule has 0 fully saturated rings. The van der Waals surface area contributed by atoms with E-state index in [9.17, 15) is 0 Å². The number of benzene rings is 9. The highest BCUT2D eigenvalue weighted by atomic mass is 15.1. The highest BCUT2D eigenvalue weighted by Crippen LogP contribution is 2.45. The average Bonchev–Trinajstić information content (AvgIpc) is 4.07. The van der Waals surface area contributed by atoms with Gasteiger partial charge < -0.3 is 18.3 Å². The number of fused-ring (bicyclic) bond motifs is 14. The molecule has 5 nitrogen and oxygen atoms in total. The van der Waals surface area contributed by atoms with Gasteiger partial charge in [0.15, 0.2) is 0 Å². The Kier molecular flexibility index (Phi) is 7.60. The summed E-state index contributed by atoms with van der Waals surface area (Å²) in [4.78, 5) is 4.68. The molecular formula is C58H39N5. The van der Waals surface area contributed by atoms with Gasteiger partial charge in [-0.3, -0.25) is 4.99 Å². The molecule has 4 heterocycles. The van der Waals surface area contributed by atoms with Crippen LogP contribution in [0, 0.1) is 0 Å². The summed E-state index contributed by atoms with van der Waals surface area (Å²) in [5.41, 5.74) is 15.5. The van der Waals surface area contributed by atoms with E-state index in [4.69, 9.17) is 0 Å². The van der Waals surface area contributed by atoms with Crippen molar-refractivity contribution < 1.29 is 0 Å². The van der Waals surface area contributed by atoms with E-state index < -0.39 is 0 Å². The molecule has 9 aromatic carbocycles. The lowest BCUT2D eigenvalue weighted by Crippen LogP contribution is -2.01. The maximum Gasteiger partial charge on any atom is 0.0935 e. The van der Waals surface area contributed by atoms with Crippen LogP contribution in [0.4, 0.5) is 5.69 Å². The Morgan fingerprint density at radius 3 is 1.48 bits per heavy atom. The number of para-hydroxylation sites is 6. The van der Waals surface area contributed by atoms with Crippen molar-refractivity contribution in [2.75, 3.05) is 0 Å². The van der Waals surface area contributed by atoms with Crippen molar-refractivity contribution in [3.63, 3.8) is 0 Å². The zero-order chi connectivity index (χ0) is 41.8. The third-order valence-corrected chi connectivity index (χ3v) is 13.1. The fourth-order valence-corrected chi connectivity index (χ4v) is 10.6. The summed E-state index contributed by atoms with van der Waals surface area (Å²) in [7, 11) is 0. The van der Waals surface area contributed by atoms with Crippen LogP contribution in [-0.4, -0.2) is 25.0 Å². The maximum absolute atomic E-state index is 4.68. The van der Waals surface area contributed by atoms with Crippen molar-refractivity contribution in [1.29, 1.82) is 0 Å². The summed E-state index contributed by atoms with van der Waals surface area (Å²) in [5, 5.41) is 9.70. The second-order valence-electron chi connectivity index (χ2n) is 16.4. The van der Waals surface area contributed by atoms with E-state index in [1.807, 2.05) is 6.92 Å². The van der Waals surface area contributed by atoms with Crippen molar-refractivity contribution in [3.05, 3.63) is 206 Å². The molecule has 0 aliphatic rings. The number of aromatic nitrogens is 4. The van der Waals surface area contributed by atoms with Gasteiger partial charge in [0, 0.05) is 65.7 Å². The minimum Gasteiger partial charge on any atom is -0.309 e. The van der Waals surface area contributed by atoms with Crippen LogP contribution >= 0.6 is 0 Å². The van der Waals surface area contributed by atoms with Gasteiger partial charge in [-0.05, 0) is 80.4 Å². The smallest absolute Gasteiger partial charge is 0.0935 e. The molecular weight excluding hydrogens is 767 g/mol. The van der Waals surface area contributed by atoms with Crippen molar-refractivity contribution >= 4 is 106 Å². The first-order valence-electron chi connectivity index (χ1n) is 21.5. The van der Waals surface area contributed by atoms with Crippen LogP contribution in [-0.2, 0) is 0 Å². The molecule has 4 aromatic heterocycles. The van der Waals surface area contributed by atoms with Crippen LogP contribution < -0.4 is 0 Å². The number of hydrogen-bond donors (Lipinski definition) is 0. The number of allylic oxidation sites excluding steroid dienone is 1. The summed E-state index contributed by atoms with van der Waals surface area (Å²) in [6.07, 6.45) is 4.17. The fourth-order valence-electron chi connectivity index (χ4n) is 10.6. The monoisotopic (exact) mass is 805 g/mol. The highest BCUT2D eigenvalue weighted by Gasteiger charge is 2.24. The zero-order valence-electron chi connectivity index (χ0n) is 34.6. The Bertz CT molecular complexity index is 4060. The number of aliphatic imine (C=N–C) groups is 1. The van der Waals surface area contributed by atoms with Gasteiger partial charge in [0.05, 0.1) is 55.5 Å². The van der Waals surface area contributed by atoms with Gasteiger partial charge in [-0.15, -0.1) is 0 Å². The van der Waals surface area contributed by atoms with Gasteiger partial charge in [0.25, 0.3) is 0 Å². The standard InChI is InChI=1S/C58H39N5/c1-3-17-37-18-15-31-53(55(37)59-2)63-50-29-13-9-25-43(50)46-33-32-45-42-24-8-12-28-49(42)62(57(45)58(46)63)40-22-16-21-39(36-40)61-48-27-11-7-23-41(48)44-34-35-52-54(56(44)61)47-26-10-14-30-51(47)60(52)38-19-5-4-6-20-38/h3-36H,2H2,1H3/b17-3-. The lowest BCUT2D eigenvalue weighted by atomic mass is 10.1. The molecule has 13 rings (SSSR count). The van der Waals surface area contributed by atoms with Crippen LogP contribution in [0.25, 0.3) is 116 Å². The Hall–Kier alpha value is -8.41. The molecule has 5 heteroatoms. The largest absolute Gasteiger partial charge is 0.309 e. The highest BCUT2D eigenvalue weighted by molar-refractivity contribution is 6.27.